The van der Waals surface area contributed by atoms with Crippen LogP contribution in [0.3, 0.4) is 0 Å². The Kier molecular flexibility index (Phi) is 5.20. The van der Waals surface area contributed by atoms with E-state index >= 15 is 0 Å². The molecule has 21 heavy (non-hydrogen) atoms. The second kappa shape index (κ2) is 6.91. The van der Waals surface area contributed by atoms with Gasteiger partial charge in [-0.15, -0.1) is 0 Å². The SMILES string of the molecule is CCc1ccc(Oc2cc(Br)ccc2C(N)=S)c(OC)c1. The fraction of sp³-hybridized carbons (Fsp3) is 0.188. The molecule has 2 rings (SSSR count). The van der Waals surface area contributed by atoms with Crippen molar-refractivity contribution in [1.29, 1.82) is 0 Å². The predicted molar refractivity (Wildman–Crippen MR) is 92.5 cm³/mol. The molecule has 5 heteroatoms. The van der Waals surface area contributed by atoms with Crippen molar-refractivity contribution in [1.82, 2.24) is 0 Å². The molecule has 0 heterocycles. The van der Waals surface area contributed by atoms with Gasteiger partial charge in [0.25, 0.3) is 0 Å². The number of ether oxygens (including phenoxy) is 2. The van der Waals surface area contributed by atoms with Crippen LogP contribution in [-0.4, -0.2) is 12.1 Å². The Morgan fingerprint density at radius 1 is 1.14 bits per heavy atom. The molecule has 0 aromatic heterocycles. The van der Waals surface area contributed by atoms with Crippen LogP contribution in [0.15, 0.2) is 40.9 Å². The molecule has 0 bridgehead atoms. The lowest BCUT2D eigenvalue weighted by Crippen LogP contribution is -2.10. The van der Waals surface area contributed by atoms with Gasteiger partial charge in [-0.2, -0.15) is 0 Å². The summed E-state index contributed by atoms with van der Waals surface area (Å²) in [7, 11) is 1.62. The minimum absolute atomic E-state index is 0.293. The van der Waals surface area contributed by atoms with E-state index in [2.05, 4.69) is 22.9 Å². The number of aryl methyl sites for hydroxylation is 1. The van der Waals surface area contributed by atoms with Gasteiger partial charge < -0.3 is 15.2 Å². The summed E-state index contributed by atoms with van der Waals surface area (Å²) in [4.78, 5) is 0.293. The van der Waals surface area contributed by atoms with Gasteiger partial charge in [0.05, 0.1) is 12.7 Å². The molecule has 0 unspecified atom stereocenters. The van der Waals surface area contributed by atoms with Crippen LogP contribution < -0.4 is 15.2 Å². The Bertz CT molecular complexity index is 673. The molecule has 3 nitrogen and oxygen atoms in total. The highest BCUT2D eigenvalue weighted by atomic mass is 79.9. The number of hydrogen-bond acceptors (Lipinski definition) is 3. The molecule has 0 aliphatic carbocycles. The van der Waals surface area contributed by atoms with Gasteiger partial charge in [0.1, 0.15) is 10.7 Å². The monoisotopic (exact) mass is 365 g/mol. The van der Waals surface area contributed by atoms with E-state index < -0.39 is 0 Å². The number of methoxy groups -OCH3 is 1. The van der Waals surface area contributed by atoms with E-state index in [0.717, 1.165) is 10.9 Å². The Morgan fingerprint density at radius 2 is 1.90 bits per heavy atom. The fourth-order valence-corrected chi connectivity index (χ4v) is 2.43. The molecule has 2 N–H and O–H groups in total. The molecular formula is C16H16BrNO2S. The van der Waals surface area contributed by atoms with E-state index in [9.17, 15) is 0 Å². The van der Waals surface area contributed by atoms with E-state index in [1.807, 2.05) is 36.4 Å². The highest BCUT2D eigenvalue weighted by molar-refractivity contribution is 9.10. The van der Waals surface area contributed by atoms with Crippen LogP contribution in [0.5, 0.6) is 17.2 Å². The standard InChI is InChI=1S/C16H16BrNO2S/c1-3-10-4-7-13(15(8-10)19-2)20-14-9-11(17)5-6-12(14)16(18)21/h4-9H,3H2,1-2H3,(H2,18,21). The summed E-state index contributed by atoms with van der Waals surface area (Å²) in [6.07, 6.45) is 0.936. The van der Waals surface area contributed by atoms with Gasteiger partial charge in [-0.1, -0.05) is 41.1 Å². The van der Waals surface area contributed by atoms with Gasteiger partial charge in [-0.25, -0.2) is 0 Å². The first kappa shape index (κ1) is 15.8. The zero-order valence-electron chi connectivity index (χ0n) is 11.9. The van der Waals surface area contributed by atoms with E-state index in [4.69, 9.17) is 27.4 Å². The largest absolute Gasteiger partial charge is 0.493 e. The normalized spacial score (nSPS) is 10.2. The van der Waals surface area contributed by atoms with Crippen molar-refractivity contribution >= 4 is 33.1 Å². The predicted octanol–water partition coefficient (Wildman–Crippen LogP) is 4.45. The van der Waals surface area contributed by atoms with Gasteiger partial charge in [-0.3, -0.25) is 0 Å². The van der Waals surface area contributed by atoms with Crippen molar-refractivity contribution in [3.63, 3.8) is 0 Å². The lowest BCUT2D eigenvalue weighted by atomic mass is 10.1. The summed E-state index contributed by atoms with van der Waals surface area (Å²) in [5.74, 6) is 1.91. The van der Waals surface area contributed by atoms with Crippen molar-refractivity contribution < 1.29 is 9.47 Å². The molecule has 2 aromatic rings. The third-order valence-electron chi connectivity index (χ3n) is 3.07. The molecular weight excluding hydrogens is 350 g/mol. The quantitative estimate of drug-likeness (QED) is 0.795. The van der Waals surface area contributed by atoms with Gasteiger partial charge in [-0.05, 0) is 42.3 Å². The van der Waals surface area contributed by atoms with E-state index in [1.165, 1.54) is 5.56 Å². The fourth-order valence-electron chi connectivity index (χ4n) is 1.92. The second-order valence-electron chi connectivity index (χ2n) is 4.45. The number of thiocarbonyl (C=S) groups is 1. The lowest BCUT2D eigenvalue weighted by Gasteiger charge is -2.14. The van der Waals surface area contributed by atoms with Crippen molar-refractivity contribution in [3.05, 3.63) is 52.0 Å². The number of halogens is 1. The average molecular weight is 366 g/mol. The van der Waals surface area contributed by atoms with Crippen molar-refractivity contribution in [2.75, 3.05) is 7.11 Å². The van der Waals surface area contributed by atoms with Crippen LogP contribution in [0.1, 0.15) is 18.1 Å². The van der Waals surface area contributed by atoms with Crippen LogP contribution in [0, 0.1) is 0 Å². The van der Waals surface area contributed by atoms with Crippen LogP contribution in [0.4, 0.5) is 0 Å². The number of rotatable bonds is 5. The molecule has 0 aliphatic rings. The Morgan fingerprint density at radius 3 is 2.52 bits per heavy atom. The number of nitrogens with two attached hydrogens (primary N) is 1. The van der Waals surface area contributed by atoms with E-state index in [1.54, 1.807) is 7.11 Å². The molecule has 0 atom stereocenters. The van der Waals surface area contributed by atoms with Gasteiger partial charge in [0, 0.05) is 4.47 Å². The summed E-state index contributed by atoms with van der Waals surface area (Å²) in [6, 6.07) is 11.4. The summed E-state index contributed by atoms with van der Waals surface area (Å²) in [5.41, 5.74) is 7.61. The van der Waals surface area contributed by atoms with Gasteiger partial charge >= 0.3 is 0 Å². The molecule has 0 amide bonds. The van der Waals surface area contributed by atoms with Gasteiger partial charge in [0.2, 0.25) is 0 Å². The molecule has 0 saturated carbocycles. The second-order valence-corrected chi connectivity index (χ2v) is 5.80. The van der Waals surface area contributed by atoms with Gasteiger partial charge in [0.15, 0.2) is 11.5 Å². The van der Waals surface area contributed by atoms with Crippen LogP contribution in [0.25, 0.3) is 0 Å². The maximum Gasteiger partial charge on any atom is 0.169 e. The number of hydrogen-bond donors (Lipinski definition) is 1. The summed E-state index contributed by atoms with van der Waals surface area (Å²) in [5, 5.41) is 0. The molecule has 0 fully saturated rings. The zero-order valence-corrected chi connectivity index (χ0v) is 14.3. The Hall–Kier alpha value is -1.59. The van der Waals surface area contributed by atoms with Crippen LogP contribution in [0.2, 0.25) is 0 Å². The maximum absolute atomic E-state index is 5.95. The first-order valence-electron chi connectivity index (χ1n) is 6.49. The Labute approximate surface area is 138 Å². The summed E-state index contributed by atoms with van der Waals surface area (Å²) < 4.78 is 12.2. The number of benzene rings is 2. The smallest absolute Gasteiger partial charge is 0.169 e. The Balaban J connectivity index is 2.42. The van der Waals surface area contributed by atoms with Crippen molar-refractivity contribution in [2.45, 2.75) is 13.3 Å². The molecule has 0 saturated heterocycles. The maximum atomic E-state index is 5.95. The molecule has 0 aliphatic heterocycles. The third-order valence-corrected chi connectivity index (χ3v) is 3.78. The van der Waals surface area contributed by atoms with Crippen molar-refractivity contribution in [3.8, 4) is 17.2 Å². The minimum atomic E-state index is 0.293. The highest BCUT2D eigenvalue weighted by Gasteiger charge is 2.12. The molecule has 0 radical (unpaired) electrons. The van der Waals surface area contributed by atoms with Crippen LogP contribution >= 0.6 is 28.1 Å². The summed E-state index contributed by atoms with van der Waals surface area (Å²) >= 11 is 8.48. The molecule has 110 valence electrons. The first-order valence-corrected chi connectivity index (χ1v) is 7.69. The average Bonchev–Trinajstić information content (AvgIpc) is 2.47. The molecule has 2 aromatic carbocycles. The first-order chi connectivity index (χ1) is 10.0. The van der Waals surface area contributed by atoms with E-state index in [-0.39, 0.29) is 0 Å². The van der Waals surface area contributed by atoms with Crippen molar-refractivity contribution in [2.24, 2.45) is 5.73 Å². The lowest BCUT2D eigenvalue weighted by molar-refractivity contribution is 0.378. The van der Waals surface area contributed by atoms with Crippen LogP contribution in [-0.2, 0) is 6.42 Å². The van der Waals surface area contributed by atoms with E-state index in [0.29, 0.717) is 27.8 Å². The topological polar surface area (TPSA) is 44.5 Å². The third kappa shape index (κ3) is 3.74. The minimum Gasteiger partial charge on any atom is -0.493 e. The zero-order chi connectivity index (χ0) is 15.4. The molecule has 0 spiro atoms. The highest BCUT2D eigenvalue weighted by Crippen LogP contribution is 2.35. The summed E-state index contributed by atoms with van der Waals surface area (Å²) in [6.45, 7) is 2.09.